The third-order valence-electron chi connectivity index (χ3n) is 0. The van der Waals surface area contributed by atoms with E-state index < -0.39 is 34.7 Å². The lowest BCUT2D eigenvalue weighted by Crippen LogP contribution is -1.03. The molecule has 0 amide bonds. The molecule has 0 fully saturated rings. The third-order valence-corrected chi connectivity index (χ3v) is 0. The van der Waals surface area contributed by atoms with Gasteiger partial charge >= 0.3 is 34.7 Å². The zero-order chi connectivity index (χ0) is 10.8. The first-order valence-corrected chi connectivity index (χ1v) is 5.13. The highest BCUT2D eigenvalue weighted by Gasteiger charge is 1.46. The Bertz CT molecular complexity index is 65.1. The number of hydrogen-bond acceptors (Lipinski definition) is 4. The molecule has 0 heterocycles. The molecule has 0 aliphatic carbocycles. The molecular weight excluding hydrogens is 252 g/mol. The molecule has 0 aromatic heterocycles. The van der Waals surface area contributed by atoms with E-state index in [0.717, 1.165) is 0 Å². The van der Waals surface area contributed by atoms with Gasteiger partial charge in [0, 0.05) is 0 Å². The Kier molecular flexibility index (Phi) is 124. The van der Waals surface area contributed by atoms with Crippen LogP contribution in [0, 0.1) is 0 Å². The molecule has 0 saturated carbocycles. The van der Waals surface area contributed by atoms with Crippen molar-refractivity contribution < 1.29 is 37.8 Å². The average molecular weight is 260 g/mol. The van der Waals surface area contributed by atoms with Crippen molar-refractivity contribution in [3.8, 4) is 0 Å². The van der Waals surface area contributed by atoms with E-state index in [1.165, 1.54) is 0 Å². The van der Waals surface area contributed by atoms with Crippen LogP contribution in [0.4, 0.5) is 0 Å². The maximum absolute atomic E-state index is 8.51. The summed E-state index contributed by atoms with van der Waals surface area (Å²) in [7, 11) is -4.67. The molecule has 0 spiro atoms. The second-order valence-corrected chi connectivity index (χ2v) is 1.10. The maximum atomic E-state index is 8.51. The van der Waals surface area contributed by atoms with E-state index in [0.29, 0.717) is 0 Å². The number of rotatable bonds is 0. The Morgan fingerprint density at radius 2 is 0.500 bits per heavy atom. The van der Waals surface area contributed by atoms with Crippen molar-refractivity contribution in [1.29, 1.82) is 0 Å². The van der Waals surface area contributed by atoms with Crippen molar-refractivity contribution in [2.24, 2.45) is 0 Å². The van der Waals surface area contributed by atoms with Gasteiger partial charge in [-0.05, 0) is 18.3 Å². The molecule has 4 unspecified atom stereocenters. The quantitative estimate of drug-likeness (QED) is 0.432. The lowest BCUT2D eigenvalue weighted by atomic mass is 15.9. The smallest absolute Gasteiger partial charge is 0.162 e. The van der Waals surface area contributed by atoms with Crippen LogP contribution in [0.1, 0.15) is 0 Å². The van der Waals surface area contributed by atoms with Gasteiger partial charge in [0.05, 0.1) is 0 Å². The average Bonchev–Trinajstić information content (AvgIpc) is 1.92. The topological polar surface area (TPSA) is 149 Å². The van der Waals surface area contributed by atoms with E-state index >= 15 is 0 Å². The van der Waals surface area contributed by atoms with Gasteiger partial charge in [-0.2, -0.15) is 19.6 Å². The third kappa shape index (κ3) is 15200. The summed E-state index contributed by atoms with van der Waals surface area (Å²) in [4.78, 5) is 28.2. The summed E-state index contributed by atoms with van der Waals surface area (Å²) in [5.41, 5.74) is 0. The van der Waals surface area contributed by atoms with Crippen LogP contribution in [0.5, 0.6) is 0 Å². The molecule has 12 heteroatoms. The van der Waals surface area contributed by atoms with Crippen LogP contribution in [-0.4, -0.2) is 19.6 Å². The molecule has 0 aromatic carbocycles. The van der Waals surface area contributed by atoms with Gasteiger partial charge in [0.25, 0.3) is 0 Å². The Balaban J connectivity index is -0.0000000356. The highest BCUT2D eigenvalue weighted by molar-refractivity contribution is 7.16. The summed E-state index contributed by atoms with van der Waals surface area (Å²) >= 11 is 0. The molecule has 4 N–H and O–H groups in total. The highest BCUT2D eigenvalue weighted by atomic mass is 31.1. The lowest BCUT2D eigenvalue weighted by Gasteiger charge is -1.08. The molecule has 12 heavy (non-hydrogen) atoms. The molecule has 0 rings (SSSR count). The Morgan fingerprint density at radius 3 is 0.500 bits per heavy atom. The van der Waals surface area contributed by atoms with E-state index in [-0.39, 0.29) is 0 Å². The predicted octanol–water partition coefficient (Wildman–Crippen LogP) is -0.329. The predicted molar refractivity (Wildman–Crippen MR) is 44.9 cm³/mol. The fourth-order valence-corrected chi connectivity index (χ4v) is 0. The fourth-order valence-electron chi connectivity index (χ4n) is 0. The van der Waals surface area contributed by atoms with Crippen LogP contribution < -0.4 is 0 Å². The molecule has 72 valence electrons. The van der Waals surface area contributed by atoms with Gasteiger partial charge in [-0.25, -0.2) is 0 Å². The molecule has 0 bridgehead atoms. The van der Waals surface area contributed by atoms with Crippen LogP contribution in [-0.2, 0) is 18.3 Å². The normalized spacial score (nSPS) is 7.00. The summed E-state index contributed by atoms with van der Waals surface area (Å²) < 4.78 is 34.1. The minimum absolute atomic E-state index is 1.17. The first-order chi connectivity index (χ1) is 5.66. The molecule has 0 aliphatic heterocycles. The molecule has 0 saturated heterocycles. The summed E-state index contributed by atoms with van der Waals surface area (Å²) in [6, 6.07) is 0. The van der Waals surface area contributed by atoms with Gasteiger partial charge in [-0.3, -0.25) is 0 Å². The van der Waals surface area contributed by atoms with Gasteiger partial charge in [-0.15, -0.1) is 0 Å². The van der Waals surface area contributed by atoms with Crippen LogP contribution in [0.3, 0.4) is 0 Å². The van der Waals surface area contributed by atoms with E-state index in [1.807, 2.05) is 0 Å². The molecular formula is H8O8P4+4. The SMILES string of the molecule is O=[PH+]O.O=[PH+]O.O=[PH+]O.O=[PH+]O. The Labute approximate surface area is 73.4 Å². The molecule has 0 radical (unpaired) electrons. The van der Waals surface area contributed by atoms with Crippen molar-refractivity contribution in [3.05, 3.63) is 0 Å². The van der Waals surface area contributed by atoms with Crippen molar-refractivity contribution in [3.63, 3.8) is 0 Å². The van der Waals surface area contributed by atoms with Gasteiger partial charge in [0.1, 0.15) is 0 Å². The Morgan fingerprint density at radius 1 is 0.500 bits per heavy atom. The summed E-state index contributed by atoms with van der Waals surface area (Å²) in [5.74, 6) is 0. The fraction of sp³-hybridized carbons (Fsp3) is 0. The highest BCUT2D eigenvalue weighted by Crippen LogP contribution is 1.66. The monoisotopic (exact) mass is 260 g/mol. The summed E-state index contributed by atoms with van der Waals surface area (Å²) in [6.45, 7) is 0. The molecule has 0 aliphatic rings. The maximum Gasteiger partial charge on any atom is 0.491 e. The standard InChI is InChI=1S/4HO2P/c4*1-3-2/h4*3H/p+4. The molecule has 8 nitrogen and oxygen atoms in total. The van der Waals surface area contributed by atoms with E-state index in [2.05, 4.69) is 0 Å². The van der Waals surface area contributed by atoms with Crippen LogP contribution in [0.15, 0.2) is 0 Å². The van der Waals surface area contributed by atoms with Gasteiger partial charge in [0.2, 0.25) is 0 Å². The van der Waals surface area contributed by atoms with Gasteiger partial charge in [-0.1, -0.05) is 0 Å². The lowest BCUT2D eigenvalue weighted by molar-refractivity contribution is 0.523. The minimum atomic E-state index is -1.17. The van der Waals surface area contributed by atoms with Crippen LogP contribution in [0.25, 0.3) is 0 Å². The van der Waals surface area contributed by atoms with E-state index in [1.54, 1.807) is 0 Å². The largest absolute Gasteiger partial charge is 0.491 e. The zero-order valence-electron chi connectivity index (χ0n) is 5.42. The first kappa shape index (κ1) is 22.8. The van der Waals surface area contributed by atoms with E-state index in [4.69, 9.17) is 37.8 Å². The second-order valence-electron chi connectivity index (χ2n) is 0.365. The molecule has 4 atom stereocenters. The van der Waals surface area contributed by atoms with Crippen molar-refractivity contribution in [2.75, 3.05) is 0 Å². The van der Waals surface area contributed by atoms with Crippen molar-refractivity contribution in [1.82, 2.24) is 0 Å². The van der Waals surface area contributed by atoms with Gasteiger partial charge in [0.15, 0.2) is 0 Å². The van der Waals surface area contributed by atoms with Crippen LogP contribution in [0.2, 0.25) is 0 Å². The number of hydrogen-bond donors (Lipinski definition) is 4. The van der Waals surface area contributed by atoms with Gasteiger partial charge < -0.3 is 0 Å². The zero-order valence-corrected chi connectivity index (χ0v) is 9.42. The minimum Gasteiger partial charge on any atom is -0.162 e. The van der Waals surface area contributed by atoms with Crippen LogP contribution >= 0.6 is 34.7 Å². The molecule has 0 aromatic rings. The summed E-state index contributed by atoms with van der Waals surface area (Å²) in [6.07, 6.45) is 0. The van der Waals surface area contributed by atoms with E-state index in [9.17, 15) is 0 Å². The first-order valence-electron chi connectivity index (χ1n) is 1.71. The summed E-state index contributed by atoms with van der Waals surface area (Å²) in [5, 5.41) is 0. The second kappa shape index (κ2) is 65.6. The van der Waals surface area contributed by atoms with Crippen molar-refractivity contribution >= 4 is 34.7 Å². The van der Waals surface area contributed by atoms with Crippen molar-refractivity contribution in [2.45, 2.75) is 0 Å². The Hall–Kier alpha value is 0.240.